The molecule has 0 radical (unpaired) electrons. The molecule has 31 heavy (non-hydrogen) atoms. The van der Waals surface area contributed by atoms with Gasteiger partial charge in [-0.15, -0.1) is 0 Å². The average molecular weight is 450 g/mol. The number of nitrogens with zero attached hydrogens (tertiary/aromatic N) is 1. The van der Waals surface area contributed by atoms with E-state index in [2.05, 4.69) is 38.8 Å². The molecule has 2 aliphatic rings. The van der Waals surface area contributed by atoms with Gasteiger partial charge in [0, 0.05) is 24.9 Å². The Morgan fingerprint density at radius 1 is 1.26 bits per heavy atom. The SMILES string of the molecule is C[SiH](C)O[C@H](C1CN(C(CC2CCCC2)C(=O)O)CC1c1cccc(F)c1)C(C)(C)C. The minimum absolute atomic E-state index is 0.0124. The van der Waals surface area contributed by atoms with Gasteiger partial charge in [0.2, 0.25) is 0 Å². The Bertz CT molecular complexity index is 745. The zero-order valence-corrected chi connectivity index (χ0v) is 21.0. The van der Waals surface area contributed by atoms with Crippen molar-refractivity contribution in [2.45, 2.75) is 84.0 Å². The van der Waals surface area contributed by atoms with E-state index in [1.165, 1.54) is 18.9 Å². The van der Waals surface area contributed by atoms with Crippen LogP contribution >= 0.6 is 0 Å². The van der Waals surface area contributed by atoms with Gasteiger partial charge < -0.3 is 9.53 Å². The number of carboxylic acids is 1. The molecule has 3 rings (SSSR count). The van der Waals surface area contributed by atoms with Crippen LogP contribution < -0.4 is 0 Å². The molecule has 4 atom stereocenters. The fourth-order valence-electron chi connectivity index (χ4n) is 5.72. The highest BCUT2D eigenvalue weighted by Crippen LogP contribution is 2.43. The molecule has 0 spiro atoms. The molecule has 174 valence electrons. The van der Waals surface area contributed by atoms with Crippen LogP contribution in [0.2, 0.25) is 13.1 Å². The molecule has 0 aromatic heterocycles. The van der Waals surface area contributed by atoms with Gasteiger partial charge in [0.25, 0.3) is 0 Å². The largest absolute Gasteiger partial charge is 0.480 e. The van der Waals surface area contributed by atoms with Gasteiger partial charge in [-0.25, -0.2) is 4.39 Å². The lowest BCUT2D eigenvalue weighted by Gasteiger charge is -2.39. The monoisotopic (exact) mass is 449 g/mol. The number of likely N-dealkylation sites (tertiary alicyclic amines) is 1. The molecule has 1 aliphatic carbocycles. The molecule has 6 heteroatoms. The molecule has 3 unspecified atom stereocenters. The maximum Gasteiger partial charge on any atom is 0.320 e. The van der Waals surface area contributed by atoms with Crippen LogP contribution in [-0.2, 0) is 9.22 Å². The maximum absolute atomic E-state index is 14.1. The smallest absolute Gasteiger partial charge is 0.320 e. The predicted octanol–water partition coefficient (Wildman–Crippen LogP) is 5.29. The fraction of sp³-hybridized carbons (Fsp3) is 0.720. The second-order valence-electron chi connectivity index (χ2n) is 11.0. The number of halogens is 1. The summed E-state index contributed by atoms with van der Waals surface area (Å²) in [4.78, 5) is 14.5. The van der Waals surface area contributed by atoms with E-state index in [0.717, 1.165) is 24.8 Å². The lowest BCUT2D eigenvalue weighted by molar-refractivity contribution is -0.143. The summed E-state index contributed by atoms with van der Waals surface area (Å²) in [6.45, 7) is 12.3. The molecule has 1 aromatic carbocycles. The third-order valence-corrected chi connectivity index (χ3v) is 7.93. The minimum atomic E-state index is -1.31. The standard InChI is InChI=1S/C25H40FNO3Si/c1-25(2,3)23(30-31(4)5)21-16-27(15-20(21)18-11-8-12-19(26)14-18)22(24(28)29)13-17-9-6-7-10-17/h8,11-12,14,17,20-23,31H,6-7,9-10,13,15-16H2,1-5H3,(H,28,29)/t20?,21?,22?,23-/m1/s1. The zero-order valence-electron chi connectivity index (χ0n) is 19.8. The molecule has 1 saturated heterocycles. The van der Waals surface area contributed by atoms with E-state index in [1.54, 1.807) is 12.1 Å². The third kappa shape index (κ3) is 6.17. The maximum atomic E-state index is 14.1. The second-order valence-corrected chi connectivity index (χ2v) is 13.4. The lowest BCUT2D eigenvalue weighted by atomic mass is 9.75. The van der Waals surface area contributed by atoms with Crippen molar-refractivity contribution < 1.29 is 18.7 Å². The Hall–Kier alpha value is -1.24. The minimum Gasteiger partial charge on any atom is -0.480 e. The highest BCUT2D eigenvalue weighted by atomic mass is 28.3. The first-order chi connectivity index (χ1) is 14.6. The molecule has 1 N–H and O–H groups in total. The Kier molecular flexibility index (Phi) is 7.98. The first-order valence-electron chi connectivity index (χ1n) is 11.9. The molecule has 1 saturated carbocycles. The van der Waals surface area contributed by atoms with Crippen molar-refractivity contribution in [2.75, 3.05) is 13.1 Å². The van der Waals surface area contributed by atoms with Crippen LogP contribution in [0.15, 0.2) is 24.3 Å². The molecule has 4 nitrogen and oxygen atoms in total. The van der Waals surface area contributed by atoms with Gasteiger partial charge in [-0.1, -0.05) is 58.6 Å². The number of rotatable bonds is 8. The number of hydrogen-bond acceptors (Lipinski definition) is 3. The van der Waals surface area contributed by atoms with E-state index in [4.69, 9.17) is 4.43 Å². The summed E-state index contributed by atoms with van der Waals surface area (Å²) in [6.07, 6.45) is 5.44. The zero-order chi connectivity index (χ0) is 22.8. The number of hydrogen-bond donors (Lipinski definition) is 1. The van der Waals surface area contributed by atoms with E-state index in [0.29, 0.717) is 19.0 Å². The van der Waals surface area contributed by atoms with Crippen LogP contribution in [0.4, 0.5) is 4.39 Å². The number of aliphatic carboxylic acids is 1. The Balaban J connectivity index is 1.92. The average Bonchev–Trinajstić information content (AvgIpc) is 3.32. The van der Waals surface area contributed by atoms with Crippen molar-refractivity contribution in [1.29, 1.82) is 0 Å². The van der Waals surface area contributed by atoms with Gasteiger partial charge in [-0.3, -0.25) is 9.69 Å². The summed E-state index contributed by atoms with van der Waals surface area (Å²) < 4.78 is 20.7. The van der Waals surface area contributed by atoms with Gasteiger partial charge in [0.1, 0.15) is 11.9 Å². The van der Waals surface area contributed by atoms with Crippen molar-refractivity contribution in [2.24, 2.45) is 17.3 Å². The van der Waals surface area contributed by atoms with Gasteiger partial charge in [0.15, 0.2) is 9.04 Å². The van der Waals surface area contributed by atoms with Crippen LogP contribution in [0, 0.1) is 23.1 Å². The predicted molar refractivity (Wildman–Crippen MR) is 125 cm³/mol. The molecule has 1 heterocycles. The lowest BCUT2D eigenvalue weighted by Crippen LogP contribution is -2.44. The number of benzene rings is 1. The molecule has 0 bridgehead atoms. The molecular formula is C25H40FNO3Si. The fourth-order valence-corrected chi connectivity index (χ4v) is 6.92. The summed E-state index contributed by atoms with van der Waals surface area (Å²) in [5, 5.41) is 10.1. The van der Waals surface area contributed by atoms with Crippen molar-refractivity contribution >= 4 is 15.0 Å². The van der Waals surface area contributed by atoms with E-state index in [-0.39, 0.29) is 29.2 Å². The van der Waals surface area contributed by atoms with Gasteiger partial charge in [0.05, 0.1) is 6.10 Å². The third-order valence-electron chi connectivity index (χ3n) is 7.09. The number of carboxylic acid groups (broad SMARTS) is 1. The normalized spacial score (nSPS) is 25.3. The van der Waals surface area contributed by atoms with Crippen molar-refractivity contribution in [3.8, 4) is 0 Å². The Morgan fingerprint density at radius 3 is 2.48 bits per heavy atom. The van der Waals surface area contributed by atoms with Crippen LogP contribution in [0.3, 0.4) is 0 Å². The van der Waals surface area contributed by atoms with E-state index >= 15 is 0 Å². The topological polar surface area (TPSA) is 49.8 Å². The van der Waals surface area contributed by atoms with Crippen molar-refractivity contribution in [1.82, 2.24) is 4.90 Å². The molecular weight excluding hydrogens is 409 g/mol. The first kappa shape index (κ1) is 24.4. The van der Waals surface area contributed by atoms with Gasteiger partial charge in [-0.05, 0) is 48.5 Å². The van der Waals surface area contributed by atoms with E-state index < -0.39 is 21.1 Å². The van der Waals surface area contributed by atoms with Crippen LogP contribution in [-0.4, -0.2) is 50.3 Å². The highest BCUT2D eigenvalue weighted by Gasteiger charge is 2.47. The van der Waals surface area contributed by atoms with Gasteiger partial charge in [-0.2, -0.15) is 0 Å². The number of carbonyl (C=O) groups is 1. The summed E-state index contributed by atoms with van der Waals surface area (Å²) >= 11 is 0. The molecule has 1 aliphatic heterocycles. The first-order valence-corrected chi connectivity index (χ1v) is 14.7. The quantitative estimate of drug-likeness (QED) is 0.548. The van der Waals surface area contributed by atoms with Crippen molar-refractivity contribution in [3.63, 3.8) is 0 Å². The Morgan fingerprint density at radius 2 is 1.94 bits per heavy atom. The summed E-state index contributed by atoms with van der Waals surface area (Å²) in [5.74, 6) is -0.246. The second kappa shape index (κ2) is 10.1. The molecule has 0 amide bonds. The Labute approximate surface area is 188 Å². The van der Waals surface area contributed by atoms with Gasteiger partial charge >= 0.3 is 5.97 Å². The van der Waals surface area contributed by atoms with Crippen LogP contribution in [0.1, 0.15) is 64.4 Å². The summed E-state index contributed by atoms with van der Waals surface area (Å²) in [5.41, 5.74) is 0.883. The van der Waals surface area contributed by atoms with Crippen LogP contribution in [0.25, 0.3) is 0 Å². The summed E-state index contributed by atoms with van der Waals surface area (Å²) in [6, 6.07) is 6.39. The van der Waals surface area contributed by atoms with Crippen molar-refractivity contribution in [3.05, 3.63) is 35.6 Å². The molecule has 1 aromatic rings. The molecule has 2 fully saturated rings. The highest BCUT2D eigenvalue weighted by molar-refractivity contribution is 6.48. The summed E-state index contributed by atoms with van der Waals surface area (Å²) in [7, 11) is -1.31. The van der Waals surface area contributed by atoms with Crippen LogP contribution in [0.5, 0.6) is 0 Å². The van der Waals surface area contributed by atoms with E-state index in [1.807, 2.05) is 6.07 Å². The van der Waals surface area contributed by atoms with E-state index in [9.17, 15) is 14.3 Å².